The number of amides is 2. The molecular formula is C17H27N5O3. The van der Waals surface area contributed by atoms with E-state index in [2.05, 4.69) is 20.2 Å². The highest BCUT2D eigenvalue weighted by atomic mass is 16.6. The lowest BCUT2D eigenvalue weighted by molar-refractivity contribution is -0.114. The number of anilines is 2. The quantitative estimate of drug-likeness (QED) is 0.901. The van der Waals surface area contributed by atoms with Crippen LogP contribution in [0.5, 0.6) is 0 Å². The predicted molar refractivity (Wildman–Crippen MR) is 95.6 cm³/mol. The molecule has 25 heavy (non-hydrogen) atoms. The van der Waals surface area contributed by atoms with Crippen LogP contribution in [0.4, 0.5) is 16.4 Å². The first-order valence-electron chi connectivity index (χ1n) is 8.46. The minimum absolute atomic E-state index is 0.151. The van der Waals surface area contributed by atoms with Gasteiger partial charge in [0.05, 0.1) is 12.4 Å². The van der Waals surface area contributed by atoms with Crippen molar-refractivity contribution in [2.24, 2.45) is 0 Å². The van der Waals surface area contributed by atoms with Crippen LogP contribution in [0.3, 0.4) is 0 Å². The molecule has 1 fully saturated rings. The topological polar surface area (TPSA) is 87.7 Å². The van der Waals surface area contributed by atoms with Gasteiger partial charge in [-0.25, -0.2) is 14.8 Å². The van der Waals surface area contributed by atoms with Gasteiger partial charge in [0.2, 0.25) is 5.91 Å². The Kier molecular flexibility index (Phi) is 5.81. The highest BCUT2D eigenvalue weighted by Crippen LogP contribution is 2.22. The summed E-state index contributed by atoms with van der Waals surface area (Å²) in [6, 6.07) is 0.151. The average Bonchev–Trinajstić information content (AvgIpc) is 2.53. The van der Waals surface area contributed by atoms with E-state index in [4.69, 9.17) is 4.74 Å². The summed E-state index contributed by atoms with van der Waals surface area (Å²) in [6.45, 7) is 8.60. The highest BCUT2D eigenvalue weighted by Gasteiger charge is 2.28. The van der Waals surface area contributed by atoms with E-state index in [1.54, 1.807) is 24.3 Å². The lowest BCUT2D eigenvalue weighted by Gasteiger charge is -2.37. The van der Waals surface area contributed by atoms with E-state index < -0.39 is 5.60 Å². The van der Waals surface area contributed by atoms with Gasteiger partial charge in [-0.2, -0.15) is 0 Å². The number of piperidine rings is 1. The number of rotatable bonds is 3. The third kappa shape index (κ3) is 5.58. The fourth-order valence-corrected chi connectivity index (χ4v) is 2.69. The smallest absolute Gasteiger partial charge is 0.410 e. The second-order valence-electron chi connectivity index (χ2n) is 7.25. The molecule has 0 bridgehead atoms. The Morgan fingerprint density at radius 1 is 1.24 bits per heavy atom. The molecular weight excluding hydrogens is 322 g/mol. The summed E-state index contributed by atoms with van der Waals surface area (Å²) in [6.07, 6.45) is 4.60. The van der Waals surface area contributed by atoms with Crippen LogP contribution in [0.2, 0.25) is 0 Å². The summed E-state index contributed by atoms with van der Waals surface area (Å²) in [5, 5.41) is 2.60. The second kappa shape index (κ2) is 7.67. The van der Waals surface area contributed by atoms with E-state index in [9.17, 15) is 9.59 Å². The Labute approximate surface area is 148 Å². The van der Waals surface area contributed by atoms with Crippen LogP contribution in [0, 0.1) is 0 Å². The summed E-state index contributed by atoms with van der Waals surface area (Å²) in [5.41, 5.74) is -0.489. The van der Waals surface area contributed by atoms with Crippen molar-refractivity contribution < 1.29 is 14.3 Å². The van der Waals surface area contributed by atoms with E-state index in [0.717, 1.165) is 31.7 Å². The van der Waals surface area contributed by atoms with Crippen molar-refractivity contribution in [1.82, 2.24) is 14.9 Å². The number of carbonyl (C=O) groups excluding carboxylic acids is 2. The van der Waals surface area contributed by atoms with Crippen molar-refractivity contribution in [1.29, 1.82) is 0 Å². The Bertz CT molecular complexity index is 604. The Hall–Kier alpha value is -2.38. The van der Waals surface area contributed by atoms with E-state index >= 15 is 0 Å². The first-order valence-corrected chi connectivity index (χ1v) is 8.46. The SMILES string of the molecule is CC(=O)Nc1cnc(N2CCC(N(C)C(=O)OC(C)(C)C)CC2)cn1. The number of hydrogen-bond acceptors (Lipinski definition) is 6. The van der Waals surface area contributed by atoms with Crippen molar-refractivity contribution >= 4 is 23.6 Å². The fraction of sp³-hybridized carbons (Fsp3) is 0.647. The van der Waals surface area contributed by atoms with Gasteiger partial charge in [0.25, 0.3) is 0 Å². The molecule has 2 rings (SSSR count). The standard InChI is InChI=1S/C17H27N5O3/c1-12(23)20-14-10-19-15(11-18-14)22-8-6-13(7-9-22)21(5)16(24)25-17(2,3)4/h10-11,13H,6-9H2,1-5H3,(H,18,20,23). The number of carbonyl (C=O) groups is 2. The van der Waals surface area contributed by atoms with Crippen LogP contribution in [0.25, 0.3) is 0 Å². The van der Waals surface area contributed by atoms with Crippen molar-refractivity contribution in [2.45, 2.75) is 52.2 Å². The van der Waals surface area contributed by atoms with E-state index in [0.29, 0.717) is 5.82 Å². The molecule has 0 aliphatic carbocycles. The molecule has 2 amide bonds. The van der Waals surface area contributed by atoms with Crippen molar-refractivity contribution in [3.05, 3.63) is 12.4 Å². The fourth-order valence-electron chi connectivity index (χ4n) is 2.69. The molecule has 1 aromatic heterocycles. The number of ether oxygens (including phenoxy) is 1. The maximum Gasteiger partial charge on any atom is 0.410 e. The molecule has 0 unspecified atom stereocenters. The number of aromatic nitrogens is 2. The molecule has 0 spiro atoms. The maximum absolute atomic E-state index is 12.2. The number of hydrogen-bond donors (Lipinski definition) is 1. The normalized spacial score (nSPS) is 15.6. The van der Waals surface area contributed by atoms with Gasteiger partial charge in [-0.05, 0) is 33.6 Å². The molecule has 0 saturated carbocycles. The van der Waals surface area contributed by atoms with E-state index in [1.165, 1.54) is 6.92 Å². The molecule has 1 N–H and O–H groups in total. The monoisotopic (exact) mass is 349 g/mol. The Balaban J connectivity index is 1.88. The number of nitrogens with zero attached hydrogens (tertiary/aromatic N) is 4. The summed E-state index contributed by atoms with van der Waals surface area (Å²) < 4.78 is 5.43. The molecule has 2 heterocycles. The minimum Gasteiger partial charge on any atom is -0.444 e. The van der Waals surface area contributed by atoms with Gasteiger partial charge in [0, 0.05) is 33.1 Å². The lowest BCUT2D eigenvalue weighted by Crippen LogP contribution is -2.47. The van der Waals surface area contributed by atoms with Crippen LogP contribution in [0.15, 0.2) is 12.4 Å². The third-order valence-corrected chi connectivity index (χ3v) is 3.96. The second-order valence-corrected chi connectivity index (χ2v) is 7.25. The minimum atomic E-state index is -0.489. The summed E-state index contributed by atoms with van der Waals surface area (Å²) in [7, 11) is 1.79. The zero-order chi connectivity index (χ0) is 18.6. The van der Waals surface area contributed by atoms with Crippen LogP contribution < -0.4 is 10.2 Å². The highest BCUT2D eigenvalue weighted by molar-refractivity contribution is 5.87. The molecule has 0 radical (unpaired) electrons. The Morgan fingerprint density at radius 2 is 1.88 bits per heavy atom. The van der Waals surface area contributed by atoms with Gasteiger partial charge in [-0.3, -0.25) is 4.79 Å². The van der Waals surface area contributed by atoms with Gasteiger partial charge >= 0.3 is 6.09 Å². The third-order valence-electron chi connectivity index (χ3n) is 3.96. The first kappa shape index (κ1) is 19.0. The largest absolute Gasteiger partial charge is 0.444 e. The van der Waals surface area contributed by atoms with Crippen molar-refractivity contribution in [3.63, 3.8) is 0 Å². The van der Waals surface area contributed by atoms with E-state index in [-0.39, 0.29) is 18.0 Å². The summed E-state index contributed by atoms with van der Waals surface area (Å²) in [4.78, 5) is 35.5. The molecule has 8 nitrogen and oxygen atoms in total. The van der Waals surface area contributed by atoms with Gasteiger partial charge in [0.1, 0.15) is 11.4 Å². The van der Waals surface area contributed by atoms with Crippen molar-refractivity contribution in [2.75, 3.05) is 30.4 Å². The van der Waals surface area contributed by atoms with Gasteiger partial charge in [-0.1, -0.05) is 0 Å². The zero-order valence-corrected chi connectivity index (χ0v) is 15.6. The van der Waals surface area contributed by atoms with Gasteiger partial charge < -0.3 is 19.9 Å². The number of nitrogens with one attached hydrogen (secondary N) is 1. The van der Waals surface area contributed by atoms with Crippen molar-refractivity contribution in [3.8, 4) is 0 Å². The van der Waals surface area contributed by atoms with Crippen LogP contribution in [-0.2, 0) is 9.53 Å². The van der Waals surface area contributed by atoms with Crippen LogP contribution >= 0.6 is 0 Å². The molecule has 8 heteroatoms. The van der Waals surface area contributed by atoms with Gasteiger partial charge in [0.15, 0.2) is 5.82 Å². The average molecular weight is 349 g/mol. The summed E-state index contributed by atoms with van der Waals surface area (Å²) in [5.74, 6) is 1.04. The Morgan fingerprint density at radius 3 is 2.36 bits per heavy atom. The molecule has 1 aromatic rings. The molecule has 0 aromatic carbocycles. The molecule has 138 valence electrons. The first-order chi connectivity index (χ1) is 11.7. The molecule has 0 atom stereocenters. The zero-order valence-electron chi connectivity index (χ0n) is 15.6. The maximum atomic E-state index is 12.2. The van der Waals surface area contributed by atoms with E-state index in [1.807, 2.05) is 20.8 Å². The molecule has 1 saturated heterocycles. The molecule has 1 aliphatic heterocycles. The molecule has 1 aliphatic rings. The summed E-state index contributed by atoms with van der Waals surface area (Å²) >= 11 is 0. The van der Waals surface area contributed by atoms with Gasteiger partial charge in [-0.15, -0.1) is 0 Å². The lowest BCUT2D eigenvalue weighted by atomic mass is 10.0. The predicted octanol–water partition coefficient (Wildman–Crippen LogP) is 2.27. The van der Waals surface area contributed by atoms with Crippen LogP contribution in [0.1, 0.15) is 40.5 Å². The van der Waals surface area contributed by atoms with Crippen LogP contribution in [-0.4, -0.2) is 58.6 Å².